The molecule has 0 heterocycles. The summed E-state index contributed by atoms with van der Waals surface area (Å²) in [5.41, 5.74) is -0.494. The monoisotopic (exact) mass is 301 g/mol. The summed E-state index contributed by atoms with van der Waals surface area (Å²) >= 11 is 0. The van der Waals surface area contributed by atoms with Gasteiger partial charge in [-0.05, 0) is 32.9 Å². The van der Waals surface area contributed by atoms with E-state index in [0.717, 1.165) is 6.07 Å². The highest BCUT2D eigenvalue weighted by Crippen LogP contribution is 2.18. The van der Waals surface area contributed by atoms with Gasteiger partial charge in [-0.25, -0.2) is 4.79 Å². The summed E-state index contributed by atoms with van der Waals surface area (Å²) in [7, 11) is 0. The number of nitriles is 1. The van der Waals surface area contributed by atoms with E-state index in [1.165, 1.54) is 12.1 Å². The first kappa shape index (κ1) is 17.0. The van der Waals surface area contributed by atoms with Gasteiger partial charge in [0.05, 0.1) is 23.1 Å². The van der Waals surface area contributed by atoms with Crippen molar-refractivity contribution in [3.05, 3.63) is 39.4 Å². The molecule has 0 aliphatic carbocycles. The van der Waals surface area contributed by atoms with Crippen molar-refractivity contribution >= 4 is 11.8 Å². The summed E-state index contributed by atoms with van der Waals surface area (Å²) in [5, 5.41) is 22.1. The number of nitro benzene ring substituents is 1. The Labute approximate surface area is 128 Å². The largest absolute Gasteiger partial charge is 0.444 e. The predicted octanol–water partition coefficient (Wildman–Crippen LogP) is 2.34. The molecule has 7 heteroatoms. The van der Waals surface area contributed by atoms with Crippen molar-refractivity contribution in [2.45, 2.75) is 26.4 Å². The van der Waals surface area contributed by atoms with E-state index < -0.39 is 16.6 Å². The quantitative estimate of drug-likeness (QED) is 0.512. The number of carbonyl (C=O) groups is 1. The standard InChI is InChI=1S/C15H15N3O4/c1-15(2,3)22-14(19)17-8-4-5-12-7-6-11(10-16)9-13(12)18(20)21/h6-7,9H,8H2,1-3H3,(H,17,19). The van der Waals surface area contributed by atoms with Gasteiger partial charge >= 0.3 is 6.09 Å². The van der Waals surface area contributed by atoms with E-state index in [1.807, 2.05) is 6.07 Å². The maximum absolute atomic E-state index is 11.4. The smallest absolute Gasteiger partial charge is 0.408 e. The van der Waals surface area contributed by atoms with Gasteiger partial charge < -0.3 is 10.1 Å². The summed E-state index contributed by atoms with van der Waals surface area (Å²) in [4.78, 5) is 21.7. The van der Waals surface area contributed by atoms with Crippen LogP contribution in [0.1, 0.15) is 31.9 Å². The molecule has 0 radical (unpaired) electrons. The van der Waals surface area contributed by atoms with Gasteiger partial charge in [0.25, 0.3) is 5.69 Å². The van der Waals surface area contributed by atoms with E-state index in [0.29, 0.717) is 0 Å². The topological polar surface area (TPSA) is 105 Å². The minimum Gasteiger partial charge on any atom is -0.444 e. The molecule has 22 heavy (non-hydrogen) atoms. The van der Waals surface area contributed by atoms with Crippen LogP contribution in [0.2, 0.25) is 0 Å². The fraction of sp³-hybridized carbons (Fsp3) is 0.333. The third-order valence-corrected chi connectivity index (χ3v) is 2.27. The predicted molar refractivity (Wildman–Crippen MR) is 78.9 cm³/mol. The third kappa shape index (κ3) is 5.51. The van der Waals surface area contributed by atoms with Crippen LogP contribution in [0.4, 0.5) is 10.5 Å². The number of hydrogen-bond acceptors (Lipinski definition) is 5. The summed E-state index contributed by atoms with van der Waals surface area (Å²) in [6.45, 7) is 5.20. The summed E-state index contributed by atoms with van der Waals surface area (Å²) in [6, 6.07) is 5.83. The molecular weight excluding hydrogens is 286 g/mol. The van der Waals surface area contributed by atoms with Crippen LogP contribution in [0.3, 0.4) is 0 Å². The van der Waals surface area contributed by atoms with E-state index in [1.54, 1.807) is 20.8 Å². The molecule has 0 bridgehead atoms. The fourth-order valence-corrected chi connectivity index (χ4v) is 1.43. The third-order valence-electron chi connectivity index (χ3n) is 2.27. The van der Waals surface area contributed by atoms with Crippen LogP contribution in [0.5, 0.6) is 0 Å². The molecule has 0 atom stereocenters. The maximum atomic E-state index is 11.4. The minimum atomic E-state index is -0.615. The number of benzene rings is 1. The second kappa shape index (κ2) is 7.09. The number of nitrogens with zero attached hydrogens (tertiary/aromatic N) is 2. The molecule has 0 saturated carbocycles. The Morgan fingerprint density at radius 3 is 2.68 bits per heavy atom. The van der Waals surface area contributed by atoms with E-state index in [4.69, 9.17) is 10.00 Å². The van der Waals surface area contributed by atoms with Crippen molar-refractivity contribution in [1.29, 1.82) is 5.26 Å². The van der Waals surface area contributed by atoms with Crippen LogP contribution >= 0.6 is 0 Å². The molecule has 0 unspecified atom stereocenters. The number of ether oxygens (including phenoxy) is 1. The molecule has 0 spiro atoms. The molecule has 0 fully saturated rings. The van der Waals surface area contributed by atoms with Crippen molar-refractivity contribution in [3.63, 3.8) is 0 Å². The number of nitrogens with one attached hydrogen (secondary N) is 1. The summed E-state index contributed by atoms with van der Waals surface area (Å²) in [5.74, 6) is 5.19. The number of nitro groups is 1. The lowest BCUT2D eigenvalue weighted by atomic mass is 10.1. The van der Waals surface area contributed by atoms with Crippen molar-refractivity contribution in [3.8, 4) is 17.9 Å². The zero-order chi connectivity index (χ0) is 16.8. The second-order valence-corrected chi connectivity index (χ2v) is 5.26. The minimum absolute atomic E-state index is 0.00787. The fourth-order valence-electron chi connectivity index (χ4n) is 1.43. The SMILES string of the molecule is CC(C)(C)OC(=O)NCC#Cc1ccc(C#N)cc1[N+](=O)[O-]. The van der Waals surface area contributed by atoms with Gasteiger partial charge in [0.2, 0.25) is 0 Å². The highest BCUT2D eigenvalue weighted by atomic mass is 16.6. The molecule has 1 N–H and O–H groups in total. The molecule has 1 rings (SSSR count). The van der Waals surface area contributed by atoms with Crippen LogP contribution in [0.15, 0.2) is 18.2 Å². The van der Waals surface area contributed by atoms with E-state index in [9.17, 15) is 14.9 Å². The highest BCUT2D eigenvalue weighted by Gasteiger charge is 2.15. The number of carbonyl (C=O) groups excluding carboxylic acids is 1. The number of rotatable bonds is 2. The average Bonchev–Trinajstić information content (AvgIpc) is 2.41. The van der Waals surface area contributed by atoms with Crippen LogP contribution in [0.25, 0.3) is 0 Å². The molecule has 1 aromatic rings. The highest BCUT2D eigenvalue weighted by molar-refractivity contribution is 5.68. The van der Waals surface area contributed by atoms with Gasteiger partial charge in [-0.3, -0.25) is 10.1 Å². The number of alkyl carbamates (subject to hydrolysis) is 1. The molecule has 0 saturated heterocycles. The molecule has 1 aromatic carbocycles. The first-order valence-corrected chi connectivity index (χ1v) is 6.37. The van der Waals surface area contributed by atoms with Gasteiger partial charge in [-0.15, -0.1) is 0 Å². The Balaban J connectivity index is 2.75. The molecule has 7 nitrogen and oxygen atoms in total. The van der Waals surface area contributed by atoms with Gasteiger partial charge in [0.15, 0.2) is 0 Å². The van der Waals surface area contributed by atoms with E-state index >= 15 is 0 Å². The van der Waals surface area contributed by atoms with E-state index in [2.05, 4.69) is 17.2 Å². The van der Waals surface area contributed by atoms with Gasteiger partial charge in [-0.2, -0.15) is 5.26 Å². The molecule has 0 aliphatic rings. The molecule has 0 aromatic heterocycles. The van der Waals surface area contributed by atoms with E-state index in [-0.39, 0.29) is 23.4 Å². The first-order valence-electron chi connectivity index (χ1n) is 6.37. The lowest BCUT2D eigenvalue weighted by Gasteiger charge is -2.18. The molecule has 0 aliphatic heterocycles. The van der Waals surface area contributed by atoms with Crippen molar-refractivity contribution < 1.29 is 14.5 Å². The maximum Gasteiger partial charge on any atom is 0.408 e. The van der Waals surface area contributed by atoms with Crippen LogP contribution < -0.4 is 5.32 Å². The van der Waals surface area contributed by atoms with Crippen molar-refractivity contribution in [2.75, 3.05) is 6.54 Å². The Morgan fingerprint density at radius 2 is 2.14 bits per heavy atom. The Hall–Kier alpha value is -3.06. The molecular formula is C15H15N3O4. The van der Waals surface area contributed by atoms with Crippen LogP contribution in [0, 0.1) is 33.3 Å². The van der Waals surface area contributed by atoms with Crippen molar-refractivity contribution in [1.82, 2.24) is 5.32 Å². The molecule has 1 amide bonds. The Morgan fingerprint density at radius 1 is 1.45 bits per heavy atom. The van der Waals surface area contributed by atoms with Crippen LogP contribution in [-0.2, 0) is 4.74 Å². The average molecular weight is 301 g/mol. The zero-order valence-electron chi connectivity index (χ0n) is 12.5. The second-order valence-electron chi connectivity index (χ2n) is 5.26. The first-order chi connectivity index (χ1) is 10.2. The Bertz CT molecular complexity index is 687. The Kier molecular flexibility index (Phi) is 5.48. The number of hydrogen-bond donors (Lipinski definition) is 1. The zero-order valence-corrected chi connectivity index (χ0v) is 12.5. The number of amides is 1. The lowest BCUT2D eigenvalue weighted by molar-refractivity contribution is -0.385. The molecule has 114 valence electrons. The normalized spacial score (nSPS) is 9.91. The van der Waals surface area contributed by atoms with Gasteiger partial charge in [0.1, 0.15) is 11.2 Å². The van der Waals surface area contributed by atoms with Crippen molar-refractivity contribution in [2.24, 2.45) is 0 Å². The summed E-state index contributed by atoms with van der Waals surface area (Å²) in [6.07, 6.45) is -0.615. The lowest BCUT2D eigenvalue weighted by Crippen LogP contribution is -2.32. The summed E-state index contributed by atoms with van der Waals surface area (Å²) < 4.78 is 5.02. The van der Waals surface area contributed by atoms with Gasteiger partial charge in [0, 0.05) is 6.07 Å². The van der Waals surface area contributed by atoms with Gasteiger partial charge in [-0.1, -0.05) is 11.8 Å². The van der Waals surface area contributed by atoms with Crippen LogP contribution in [-0.4, -0.2) is 23.2 Å².